The van der Waals surface area contributed by atoms with Crippen LogP contribution in [0.1, 0.15) is 6.42 Å². The molecule has 1 amide bonds. The van der Waals surface area contributed by atoms with Gasteiger partial charge in [-0.3, -0.25) is 9.59 Å². The first-order chi connectivity index (χ1) is 11.2. The second kappa shape index (κ2) is 6.52. The molecule has 1 aliphatic heterocycles. The van der Waals surface area contributed by atoms with Crippen LogP contribution in [0.15, 0.2) is 54.6 Å². The van der Waals surface area contributed by atoms with Gasteiger partial charge in [-0.1, -0.05) is 30.3 Å². The fraction of sp³-hybridized carbons (Fsp3) is 0.222. The largest absolute Gasteiger partial charge is 0.493 e. The third-order valence-corrected chi connectivity index (χ3v) is 3.81. The Kier molecular flexibility index (Phi) is 4.28. The van der Waals surface area contributed by atoms with E-state index in [0.29, 0.717) is 18.0 Å². The van der Waals surface area contributed by atoms with E-state index in [1.54, 1.807) is 29.2 Å². The van der Waals surface area contributed by atoms with Gasteiger partial charge in [-0.25, -0.2) is 0 Å². The molecule has 0 radical (unpaired) electrons. The van der Waals surface area contributed by atoms with Gasteiger partial charge in [0.1, 0.15) is 0 Å². The SMILES string of the molecule is COc1ccccc1OC(=O)[C@H]1CC(=O)N(c2ccccc2)C1. The summed E-state index contributed by atoms with van der Waals surface area (Å²) in [6.07, 6.45) is 0.156. The summed E-state index contributed by atoms with van der Waals surface area (Å²) >= 11 is 0. The number of hydrogen-bond donors (Lipinski definition) is 0. The van der Waals surface area contributed by atoms with Crippen LogP contribution in [0.2, 0.25) is 0 Å². The fourth-order valence-electron chi connectivity index (χ4n) is 2.62. The number of esters is 1. The van der Waals surface area contributed by atoms with Gasteiger partial charge in [-0.05, 0) is 24.3 Å². The fourth-order valence-corrected chi connectivity index (χ4v) is 2.62. The van der Waals surface area contributed by atoms with Crippen molar-refractivity contribution in [2.45, 2.75) is 6.42 Å². The molecular weight excluding hydrogens is 294 g/mol. The van der Waals surface area contributed by atoms with Gasteiger partial charge >= 0.3 is 5.97 Å². The zero-order valence-corrected chi connectivity index (χ0v) is 12.8. The highest BCUT2D eigenvalue weighted by Crippen LogP contribution is 2.29. The van der Waals surface area contributed by atoms with Crippen molar-refractivity contribution >= 4 is 17.6 Å². The van der Waals surface area contributed by atoms with Gasteiger partial charge in [-0.2, -0.15) is 0 Å². The molecule has 0 aliphatic carbocycles. The number of nitrogens with zero attached hydrogens (tertiary/aromatic N) is 1. The molecule has 0 bridgehead atoms. The number of carbonyl (C=O) groups excluding carboxylic acids is 2. The lowest BCUT2D eigenvalue weighted by molar-refractivity contribution is -0.139. The Bertz CT molecular complexity index is 714. The standard InChI is InChI=1S/C18H17NO4/c1-22-15-9-5-6-10-16(15)23-18(21)13-11-17(20)19(12-13)14-7-3-2-4-8-14/h2-10,13H,11-12H2,1H3/t13-/m0/s1. The topological polar surface area (TPSA) is 55.8 Å². The molecule has 0 spiro atoms. The van der Waals surface area contributed by atoms with Gasteiger partial charge in [0.05, 0.1) is 13.0 Å². The highest BCUT2D eigenvalue weighted by atomic mass is 16.6. The van der Waals surface area contributed by atoms with Crippen LogP contribution in [-0.4, -0.2) is 25.5 Å². The van der Waals surface area contributed by atoms with Crippen molar-refractivity contribution in [2.24, 2.45) is 5.92 Å². The van der Waals surface area contributed by atoms with Gasteiger partial charge in [0.25, 0.3) is 0 Å². The van der Waals surface area contributed by atoms with Crippen molar-refractivity contribution in [3.05, 3.63) is 54.6 Å². The van der Waals surface area contributed by atoms with Crippen molar-refractivity contribution in [1.82, 2.24) is 0 Å². The van der Waals surface area contributed by atoms with Crippen LogP contribution in [0.5, 0.6) is 11.5 Å². The van der Waals surface area contributed by atoms with Crippen LogP contribution in [0.25, 0.3) is 0 Å². The number of para-hydroxylation sites is 3. The summed E-state index contributed by atoms with van der Waals surface area (Å²) < 4.78 is 10.6. The van der Waals surface area contributed by atoms with Crippen LogP contribution in [0, 0.1) is 5.92 Å². The molecule has 2 aromatic carbocycles. The van der Waals surface area contributed by atoms with Gasteiger partial charge in [0.15, 0.2) is 11.5 Å². The second-order valence-corrected chi connectivity index (χ2v) is 5.31. The summed E-state index contributed by atoms with van der Waals surface area (Å²) in [5, 5.41) is 0. The molecule has 118 valence electrons. The van der Waals surface area contributed by atoms with Gasteiger partial charge < -0.3 is 14.4 Å². The monoisotopic (exact) mass is 311 g/mol. The summed E-state index contributed by atoms with van der Waals surface area (Å²) in [7, 11) is 1.52. The smallest absolute Gasteiger partial charge is 0.316 e. The average Bonchev–Trinajstić information content (AvgIpc) is 2.98. The van der Waals surface area contributed by atoms with Crippen molar-refractivity contribution in [1.29, 1.82) is 0 Å². The lowest BCUT2D eigenvalue weighted by Gasteiger charge is -2.16. The maximum Gasteiger partial charge on any atom is 0.316 e. The number of anilines is 1. The number of hydrogen-bond acceptors (Lipinski definition) is 4. The van der Waals surface area contributed by atoms with E-state index in [-0.39, 0.29) is 12.3 Å². The molecule has 0 aromatic heterocycles. The summed E-state index contributed by atoms with van der Waals surface area (Å²) in [6, 6.07) is 16.3. The number of carbonyl (C=O) groups is 2. The zero-order valence-electron chi connectivity index (χ0n) is 12.8. The average molecular weight is 311 g/mol. The molecule has 5 heteroatoms. The van der Waals surface area contributed by atoms with E-state index in [2.05, 4.69) is 0 Å². The Morgan fingerprint density at radius 1 is 1.04 bits per heavy atom. The summed E-state index contributed by atoms with van der Waals surface area (Å²) in [6.45, 7) is 0.330. The Morgan fingerprint density at radius 2 is 1.70 bits per heavy atom. The molecule has 1 aliphatic rings. The first-order valence-corrected chi connectivity index (χ1v) is 7.39. The minimum Gasteiger partial charge on any atom is -0.493 e. The van der Waals surface area contributed by atoms with Crippen LogP contribution >= 0.6 is 0 Å². The van der Waals surface area contributed by atoms with E-state index in [4.69, 9.17) is 9.47 Å². The maximum atomic E-state index is 12.3. The van der Waals surface area contributed by atoms with E-state index in [0.717, 1.165) is 5.69 Å². The summed E-state index contributed by atoms with van der Waals surface area (Å²) in [4.78, 5) is 26.1. The molecule has 3 rings (SSSR count). The van der Waals surface area contributed by atoms with E-state index < -0.39 is 11.9 Å². The molecule has 1 saturated heterocycles. The molecule has 0 saturated carbocycles. The summed E-state index contributed by atoms with van der Waals surface area (Å²) in [5.41, 5.74) is 0.796. The predicted octanol–water partition coefficient (Wildman–Crippen LogP) is 2.65. The summed E-state index contributed by atoms with van der Waals surface area (Å²) in [5.74, 6) is -0.109. The third kappa shape index (κ3) is 3.18. The number of ether oxygens (including phenoxy) is 2. The highest BCUT2D eigenvalue weighted by Gasteiger charge is 2.36. The molecule has 1 atom stereocenters. The third-order valence-electron chi connectivity index (χ3n) is 3.81. The van der Waals surface area contributed by atoms with Crippen molar-refractivity contribution in [3.8, 4) is 11.5 Å². The number of rotatable bonds is 4. The van der Waals surface area contributed by atoms with Gasteiger partial charge in [0, 0.05) is 18.7 Å². The molecule has 5 nitrogen and oxygen atoms in total. The first kappa shape index (κ1) is 15.1. The Morgan fingerprint density at radius 3 is 2.39 bits per heavy atom. The van der Waals surface area contributed by atoms with Crippen molar-refractivity contribution in [3.63, 3.8) is 0 Å². The second-order valence-electron chi connectivity index (χ2n) is 5.31. The van der Waals surface area contributed by atoms with E-state index in [1.807, 2.05) is 30.3 Å². The lowest BCUT2D eigenvalue weighted by Crippen LogP contribution is -2.27. The zero-order chi connectivity index (χ0) is 16.2. The van der Waals surface area contributed by atoms with Crippen LogP contribution in [0.3, 0.4) is 0 Å². The maximum absolute atomic E-state index is 12.3. The van der Waals surface area contributed by atoms with Crippen LogP contribution in [0.4, 0.5) is 5.69 Å². The van der Waals surface area contributed by atoms with E-state index >= 15 is 0 Å². The first-order valence-electron chi connectivity index (χ1n) is 7.39. The number of benzene rings is 2. The lowest BCUT2D eigenvalue weighted by atomic mass is 10.1. The van der Waals surface area contributed by atoms with Crippen molar-refractivity contribution < 1.29 is 19.1 Å². The molecule has 2 aromatic rings. The normalized spacial score (nSPS) is 17.2. The van der Waals surface area contributed by atoms with Gasteiger partial charge in [0.2, 0.25) is 5.91 Å². The minimum absolute atomic E-state index is 0.0711. The molecule has 23 heavy (non-hydrogen) atoms. The van der Waals surface area contributed by atoms with E-state index in [1.165, 1.54) is 7.11 Å². The van der Waals surface area contributed by atoms with Gasteiger partial charge in [-0.15, -0.1) is 0 Å². The Labute approximate surface area is 134 Å². The molecular formula is C18H17NO4. The van der Waals surface area contributed by atoms with E-state index in [9.17, 15) is 9.59 Å². The highest BCUT2D eigenvalue weighted by molar-refractivity contribution is 5.99. The predicted molar refractivity (Wildman–Crippen MR) is 85.5 cm³/mol. The molecule has 1 heterocycles. The van der Waals surface area contributed by atoms with Crippen LogP contribution < -0.4 is 14.4 Å². The number of amides is 1. The van der Waals surface area contributed by atoms with Crippen molar-refractivity contribution in [2.75, 3.05) is 18.6 Å². The molecule has 1 fully saturated rings. The minimum atomic E-state index is -0.479. The number of methoxy groups -OCH3 is 1. The Hall–Kier alpha value is -2.82. The van der Waals surface area contributed by atoms with Crippen LogP contribution in [-0.2, 0) is 9.59 Å². The quantitative estimate of drug-likeness (QED) is 0.643. The molecule has 0 unspecified atom stereocenters. The molecule has 0 N–H and O–H groups in total. The Balaban J connectivity index is 1.71.